The van der Waals surface area contributed by atoms with E-state index in [4.69, 9.17) is 16.3 Å². The number of rotatable bonds is 5. The SMILES string of the molecule is COc1cc(F)c2ncc(Cl)c(CC[N+]3(C(C)(C)C)CCC(NC(=O)[O-])C(O)C3)c2c1. The van der Waals surface area contributed by atoms with Crippen molar-refractivity contribution < 1.29 is 28.6 Å². The Morgan fingerprint density at radius 2 is 2.16 bits per heavy atom. The zero-order chi connectivity index (χ0) is 23.0. The molecule has 1 fully saturated rings. The first kappa shape index (κ1) is 23.5. The highest BCUT2D eigenvalue weighted by atomic mass is 35.5. The maximum atomic E-state index is 14.5. The number of hydrogen-bond acceptors (Lipinski definition) is 5. The number of hydrogen-bond donors (Lipinski definition) is 2. The fourth-order valence-corrected chi connectivity index (χ4v) is 4.83. The van der Waals surface area contributed by atoms with Crippen molar-refractivity contribution in [2.75, 3.05) is 26.7 Å². The molecule has 2 heterocycles. The van der Waals surface area contributed by atoms with E-state index in [0.717, 1.165) is 5.56 Å². The summed E-state index contributed by atoms with van der Waals surface area (Å²) in [6, 6.07) is 2.47. The number of aliphatic hydroxyl groups excluding tert-OH is 1. The van der Waals surface area contributed by atoms with Gasteiger partial charge in [-0.3, -0.25) is 4.98 Å². The van der Waals surface area contributed by atoms with Gasteiger partial charge in [-0.05, 0) is 32.4 Å². The monoisotopic (exact) mass is 453 g/mol. The molecule has 1 aliphatic heterocycles. The predicted octanol–water partition coefficient (Wildman–Crippen LogP) is 2.26. The molecule has 170 valence electrons. The van der Waals surface area contributed by atoms with Gasteiger partial charge in [0, 0.05) is 30.5 Å². The minimum atomic E-state index is -1.38. The number of carbonyl (C=O) groups excluding carboxylic acids is 1. The number of halogens is 2. The molecule has 3 rings (SSSR count). The maximum Gasteiger partial charge on any atom is 0.153 e. The van der Waals surface area contributed by atoms with Crippen molar-refractivity contribution in [3.63, 3.8) is 0 Å². The number of amides is 1. The number of carboxylic acid groups (broad SMARTS) is 1. The lowest BCUT2D eigenvalue weighted by molar-refractivity contribution is -0.977. The zero-order valence-corrected chi connectivity index (χ0v) is 19.0. The molecule has 7 nitrogen and oxygen atoms in total. The average Bonchev–Trinajstić information content (AvgIpc) is 2.67. The van der Waals surface area contributed by atoms with E-state index >= 15 is 0 Å². The van der Waals surface area contributed by atoms with Crippen molar-refractivity contribution in [1.82, 2.24) is 10.3 Å². The van der Waals surface area contributed by atoms with Gasteiger partial charge in [0.15, 0.2) is 5.82 Å². The van der Waals surface area contributed by atoms with Crippen LogP contribution in [0.1, 0.15) is 32.8 Å². The molecule has 1 aromatic heterocycles. The third kappa shape index (κ3) is 4.71. The number of methoxy groups -OCH3 is 1. The number of ether oxygens (including phenoxy) is 1. The second-order valence-electron chi connectivity index (χ2n) is 9.18. The van der Waals surface area contributed by atoms with Crippen molar-refractivity contribution in [3.05, 3.63) is 34.7 Å². The van der Waals surface area contributed by atoms with Gasteiger partial charge < -0.3 is 29.5 Å². The highest BCUT2D eigenvalue weighted by molar-refractivity contribution is 6.32. The highest BCUT2D eigenvalue weighted by Gasteiger charge is 2.46. The summed E-state index contributed by atoms with van der Waals surface area (Å²) in [6.07, 6.45) is 0.257. The molecule has 0 bridgehead atoms. The van der Waals surface area contributed by atoms with Crippen molar-refractivity contribution in [2.45, 2.75) is 51.3 Å². The Hall–Kier alpha value is -2.16. The van der Waals surface area contributed by atoms with Crippen LogP contribution in [-0.4, -0.2) is 65.1 Å². The second kappa shape index (κ2) is 8.76. The van der Waals surface area contributed by atoms with Gasteiger partial charge >= 0.3 is 0 Å². The summed E-state index contributed by atoms with van der Waals surface area (Å²) in [6.45, 7) is 7.98. The number of benzene rings is 1. The number of piperidine rings is 1. The van der Waals surface area contributed by atoms with Crippen LogP contribution in [0.3, 0.4) is 0 Å². The van der Waals surface area contributed by atoms with Crippen LogP contribution in [-0.2, 0) is 6.42 Å². The first-order chi connectivity index (χ1) is 14.5. The summed E-state index contributed by atoms with van der Waals surface area (Å²) in [4.78, 5) is 15.1. The molecule has 1 aliphatic rings. The lowest BCUT2D eigenvalue weighted by Gasteiger charge is -2.54. The Labute approximate surface area is 186 Å². The van der Waals surface area contributed by atoms with Crippen molar-refractivity contribution in [1.29, 1.82) is 0 Å². The van der Waals surface area contributed by atoms with E-state index in [-0.39, 0.29) is 11.1 Å². The molecule has 0 saturated carbocycles. The third-order valence-electron chi connectivity index (χ3n) is 6.58. The van der Waals surface area contributed by atoms with Gasteiger partial charge in [0.2, 0.25) is 0 Å². The summed E-state index contributed by atoms with van der Waals surface area (Å²) in [5, 5.41) is 25.0. The molecule has 2 N–H and O–H groups in total. The smallest absolute Gasteiger partial charge is 0.153 e. The lowest BCUT2D eigenvalue weighted by atomic mass is 9.90. The van der Waals surface area contributed by atoms with Gasteiger partial charge in [0.25, 0.3) is 0 Å². The molecule has 9 heteroatoms. The lowest BCUT2D eigenvalue weighted by Crippen LogP contribution is -2.70. The van der Waals surface area contributed by atoms with Crippen LogP contribution < -0.4 is 15.2 Å². The number of pyridine rings is 1. The summed E-state index contributed by atoms with van der Waals surface area (Å²) < 4.78 is 20.3. The molecule has 31 heavy (non-hydrogen) atoms. The summed E-state index contributed by atoms with van der Waals surface area (Å²) >= 11 is 6.47. The summed E-state index contributed by atoms with van der Waals surface area (Å²) in [5.74, 6) is -0.0868. The van der Waals surface area contributed by atoms with Crippen molar-refractivity contribution >= 4 is 28.6 Å². The number of aromatic nitrogens is 1. The fraction of sp³-hybridized carbons (Fsp3) is 0.545. The number of nitrogens with one attached hydrogen (secondary N) is 1. The van der Waals surface area contributed by atoms with E-state index in [2.05, 4.69) is 31.1 Å². The first-order valence-electron chi connectivity index (χ1n) is 10.3. The number of quaternary nitrogens is 1. The molecular weight excluding hydrogens is 425 g/mol. The highest BCUT2D eigenvalue weighted by Crippen LogP contribution is 2.34. The van der Waals surface area contributed by atoms with Gasteiger partial charge in [-0.1, -0.05) is 11.6 Å². The van der Waals surface area contributed by atoms with Crippen LogP contribution in [0.4, 0.5) is 9.18 Å². The predicted molar refractivity (Wildman–Crippen MR) is 115 cm³/mol. The second-order valence-corrected chi connectivity index (χ2v) is 9.59. The molecule has 1 aromatic carbocycles. The number of nitrogens with zero attached hydrogens (tertiary/aromatic N) is 2. The van der Waals surface area contributed by atoms with Gasteiger partial charge in [-0.2, -0.15) is 0 Å². The van der Waals surface area contributed by atoms with Gasteiger partial charge in [0.05, 0.1) is 36.8 Å². The Bertz CT molecular complexity index is 981. The molecule has 0 spiro atoms. The van der Waals surface area contributed by atoms with E-state index in [1.54, 1.807) is 6.07 Å². The fourth-order valence-electron chi connectivity index (χ4n) is 4.58. The normalized spacial score (nSPS) is 24.2. The minimum absolute atomic E-state index is 0.217. The van der Waals surface area contributed by atoms with Gasteiger partial charge in [0.1, 0.15) is 30.0 Å². The van der Waals surface area contributed by atoms with E-state index in [1.807, 2.05) is 0 Å². The minimum Gasteiger partial charge on any atom is -0.530 e. The molecule has 2 aromatic rings. The Morgan fingerprint density at radius 3 is 2.74 bits per heavy atom. The Balaban J connectivity index is 1.93. The van der Waals surface area contributed by atoms with Crippen LogP contribution in [0.15, 0.2) is 18.3 Å². The van der Waals surface area contributed by atoms with E-state index in [1.165, 1.54) is 19.4 Å². The van der Waals surface area contributed by atoms with Crippen LogP contribution in [0, 0.1) is 5.82 Å². The largest absolute Gasteiger partial charge is 0.530 e. The third-order valence-corrected chi connectivity index (χ3v) is 6.90. The number of aliphatic hydroxyl groups is 1. The van der Waals surface area contributed by atoms with Gasteiger partial charge in [-0.25, -0.2) is 4.39 Å². The topological polar surface area (TPSA) is 94.5 Å². The van der Waals surface area contributed by atoms with E-state index in [0.29, 0.717) is 53.1 Å². The maximum absolute atomic E-state index is 14.5. The first-order valence-corrected chi connectivity index (χ1v) is 10.7. The number of fused-ring (bicyclic) bond motifs is 1. The molecule has 0 aliphatic carbocycles. The van der Waals surface area contributed by atoms with Crippen LogP contribution in [0.5, 0.6) is 5.75 Å². The molecule has 3 atom stereocenters. The van der Waals surface area contributed by atoms with E-state index in [9.17, 15) is 19.4 Å². The Morgan fingerprint density at radius 1 is 1.45 bits per heavy atom. The van der Waals surface area contributed by atoms with E-state index < -0.39 is 24.1 Å². The van der Waals surface area contributed by atoms with Crippen LogP contribution in [0.2, 0.25) is 5.02 Å². The molecule has 0 radical (unpaired) electrons. The summed E-state index contributed by atoms with van der Waals surface area (Å²) in [7, 11) is 1.48. The summed E-state index contributed by atoms with van der Waals surface area (Å²) in [5.41, 5.74) is 0.793. The standard InChI is InChI=1S/C22H29ClFN3O4/c1-22(2,3)27(8-6-18(19(28)12-27)26-21(29)30)7-5-14-15-9-13(31-4)10-17(24)20(15)25-11-16(14)23/h9-11,18-19,26,28H,5-8,12H2,1-4H3. The van der Waals surface area contributed by atoms with Crippen LogP contribution >= 0.6 is 11.6 Å². The number of carbonyl (C=O) groups is 1. The molecule has 3 unspecified atom stereocenters. The zero-order valence-electron chi connectivity index (χ0n) is 18.2. The molecular formula is C22H29ClFN3O4. The molecule has 1 saturated heterocycles. The quantitative estimate of drug-likeness (QED) is 0.677. The number of likely N-dealkylation sites (tertiary alicyclic amines) is 1. The van der Waals surface area contributed by atoms with Crippen molar-refractivity contribution in [3.8, 4) is 5.75 Å². The molecule has 1 amide bonds. The van der Waals surface area contributed by atoms with Crippen molar-refractivity contribution in [2.24, 2.45) is 0 Å². The van der Waals surface area contributed by atoms with Crippen LogP contribution in [0.25, 0.3) is 10.9 Å². The average molecular weight is 454 g/mol. The Kier molecular flexibility index (Phi) is 6.64. The van der Waals surface area contributed by atoms with Gasteiger partial charge in [-0.15, -0.1) is 0 Å².